The van der Waals surface area contributed by atoms with Crippen molar-refractivity contribution < 1.29 is 14.5 Å². The van der Waals surface area contributed by atoms with E-state index in [0.717, 1.165) is 12.8 Å². The maximum atomic E-state index is 3.95. The first-order chi connectivity index (χ1) is 9.04. The SMILES string of the molecule is CC(C)[NH][V]([NH]C(C)C)([C]1=CC=CC1)[C]1=CC=CC1. The van der Waals surface area contributed by atoms with E-state index in [1.807, 2.05) is 0 Å². The Balaban J connectivity index is 2.37. The third-order valence-corrected chi connectivity index (χ3v) is 9.82. The summed E-state index contributed by atoms with van der Waals surface area (Å²) in [7, 11) is 0. The number of hydrogen-bond donors (Lipinski definition) is 2. The summed E-state index contributed by atoms with van der Waals surface area (Å²) < 4.78 is 11.1. The summed E-state index contributed by atoms with van der Waals surface area (Å²) in [5.74, 6) is 0. The van der Waals surface area contributed by atoms with Crippen LogP contribution in [0.15, 0.2) is 45.0 Å². The zero-order valence-corrected chi connectivity index (χ0v) is 13.9. The van der Waals surface area contributed by atoms with E-state index in [9.17, 15) is 0 Å². The standard InChI is InChI=1S/2C5H5.2C3H8N.V/c2*1-2-4-5-3-1;2*1-3(2)4;/h2*1-3H,4H2;2*3-4H,1-2H3;/q;;2*-1;+2. The Morgan fingerprint density at radius 2 is 1.26 bits per heavy atom. The van der Waals surface area contributed by atoms with Crippen LogP contribution in [0, 0.1) is 0 Å². The summed E-state index contributed by atoms with van der Waals surface area (Å²) in [5.41, 5.74) is 0. The van der Waals surface area contributed by atoms with Crippen molar-refractivity contribution >= 4 is 0 Å². The molecule has 0 radical (unpaired) electrons. The molecule has 0 amide bonds. The Labute approximate surface area is 120 Å². The molecule has 19 heavy (non-hydrogen) atoms. The van der Waals surface area contributed by atoms with Crippen LogP contribution in [-0.2, 0) is 14.5 Å². The quantitative estimate of drug-likeness (QED) is 0.782. The van der Waals surface area contributed by atoms with Gasteiger partial charge < -0.3 is 0 Å². The number of allylic oxidation sites excluding steroid dienone is 8. The van der Waals surface area contributed by atoms with Crippen LogP contribution in [0.4, 0.5) is 0 Å². The molecule has 0 heterocycles. The first kappa shape index (κ1) is 14.9. The van der Waals surface area contributed by atoms with Gasteiger partial charge in [-0.05, 0) is 0 Å². The molecule has 0 fully saturated rings. The molecule has 0 aromatic carbocycles. The molecular weight excluding hydrogens is 271 g/mol. The Morgan fingerprint density at radius 3 is 1.53 bits per heavy atom. The molecule has 2 rings (SSSR count). The summed E-state index contributed by atoms with van der Waals surface area (Å²) in [6, 6.07) is 1.00. The minimum atomic E-state index is -2.38. The topological polar surface area (TPSA) is 24.1 Å². The van der Waals surface area contributed by atoms with E-state index in [4.69, 9.17) is 0 Å². The van der Waals surface area contributed by atoms with Crippen LogP contribution in [0.5, 0.6) is 0 Å². The Kier molecular flexibility index (Phi) is 4.91. The van der Waals surface area contributed by atoms with Crippen molar-refractivity contribution in [3.63, 3.8) is 0 Å². The Bertz CT molecular complexity index is 400. The minimum absolute atomic E-state index is 0.502. The summed E-state index contributed by atoms with van der Waals surface area (Å²) in [6.07, 6.45) is 15.8. The van der Waals surface area contributed by atoms with Gasteiger partial charge in [0.2, 0.25) is 0 Å². The molecule has 0 saturated carbocycles. The first-order valence-electron chi connectivity index (χ1n) is 7.22. The van der Waals surface area contributed by atoms with Crippen molar-refractivity contribution in [2.45, 2.75) is 52.6 Å². The van der Waals surface area contributed by atoms with Gasteiger partial charge in [0.25, 0.3) is 0 Å². The normalized spacial score (nSPS) is 18.6. The molecule has 2 aliphatic carbocycles. The predicted octanol–water partition coefficient (Wildman–Crippen LogP) is 3.65. The summed E-state index contributed by atoms with van der Waals surface area (Å²) >= 11 is -2.38. The third-order valence-electron chi connectivity index (χ3n) is 3.27. The molecule has 0 bridgehead atoms. The van der Waals surface area contributed by atoms with Gasteiger partial charge in [-0.1, -0.05) is 0 Å². The van der Waals surface area contributed by atoms with Crippen LogP contribution in [0.3, 0.4) is 0 Å². The van der Waals surface area contributed by atoms with Crippen molar-refractivity contribution in [1.82, 2.24) is 8.33 Å². The van der Waals surface area contributed by atoms with Crippen LogP contribution in [0.1, 0.15) is 40.5 Å². The molecule has 105 valence electrons. The molecule has 0 spiro atoms. The molecule has 0 atom stereocenters. The second-order valence-electron chi connectivity index (χ2n) is 5.82. The number of nitrogens with one attached hydrogen (secondary N) is 2. The monoisotopic (exact) mass is 297 g/mol. The van der Waals surface area contributed by atoms with Crippen LogP contribution in [0.25, 0.3) is 0 Å². The number of hydrogen-bond acceptors (Lipinski definition) is 2. The van der Waals surface area contributed by atoms with Gasteiger partial charge in [0, 0.05) is 0 Å². The molecule has 2 N–H and O–H groups in total. The van der Waals surface area contributed by atoms with Crippen LogP contribution in [0.2, 0.25) is 0 Å². The Hall–Kier alpha value is -0.536. The molecule has 0 aromatic rings. The van der Waals surface area contributed by atoms with Crippen LogP contribution >= 0.6 is 0 Å². The maximum absolute atomic E-state index is 3.95. The van der Waals surface area contributed by atoms with Gasteiger partial charge in [0.1, 0.15) is 0 Å². The first-order valence-corrected chi connectivity index (χ1v) is 10.0. The average molecular weight is 297 g/mol. The fourth-order valence-corrected chi connectivity index (χ4v) is 9.00. The van der Waals surface area contributed by atoms with Gasteiger partial charge in [0.05, 0.1) is 0 Å². The van der Waals surface area contributed by atoms with Gasteiger partial charge in [0.15, 0.2) is 0 Å². The van der Waals surface area contributed by atoms with Gasteiger partial charge in [-0.15, -0.1) is 0 Å². The fourth-order valence-electron chi connectivity index (χ4n) is 2.70. The van der Waals surface area contributed by atoms with E-state index >= 15 is 0 Å². The summed E-state index contributed by atoms with van der Waals surface area (Å²) in [4.78, 5) is 0. The molecule has 2 aliphatic rings. The van der Waals surface area contributed by atoms with E-state index in [2.05, 4.69) is 72.5 Å². The molecule has 0 aromatic heterocycles. The molecule has 3 heteroatoms. The van der Waals surface area contributed by atoms with Crippen molar-refractivity contribution in [3.8, 4) is 0 Å². The second kappa shape index (κ2) is 6.28. The van der Waals surface area contributed by atoms with Crippen LogP contribution < -0.4 is 8.33 Å². The third kappa shape index (κ3) is 3.32. The van der Waals surface area contributed by atoms with Crippen molar-refractivity contribution in [1.29, 1.82) is 0 Å². The van der Waals surface area contributed by atoms with Crippen molar-refractivity contribution in [3.05, 3.63) is 45.0 Å². The number of rotatable bonds is 6. The fraction of sp³-hybridized carbons (Fsp3) is 0.500. The summed E-state index contributed by atoms with van der Waals surface area (Å²) in [6.45, 7) is 9.02. The average Bonchev–Trinajstić information content (AvgIpc) is 3.01. The molecule has 0 unspecified atom stereocenters. The van der Waals surface area contributed by atoms with E-state index in [-0.39, 0.29) is 0 Å². The van der Waals surface area contributed by atoms with Gasteiger partial charge in [-0.25, -0.2) is 0 Å². The molecule has 2 nitrogen and oxygen atoms in total. The zero-order chi connectivity index (χ0) is 13.9. The van der Waals surface area contributed by atoms with Crippen LogP contribution in [-0.4, -0.2) is 12.1 Å². The van der Waals surface area contributed by atoms with Gasteiger partial charge in [-0.2, -0.15) is 0 Å². The molecular formula is C16H26N2V. The van der Waals surface area contributed by atoms with Crippen molar-refractivity contribution in [2.75, 3.05) is 0 Å². The van der Waals surface area contributed by atoms with E-state index in [0.29, 0.717) is 12.1 Å². The van der Waals surface area contributed by atoms with Gasteiger partial charge >= 0.3 is 120 Å². The van der Waals surface area contributed by atoms with Gasteiger partial charge in [-0.3, -0.25) is 0 Å². The zero-order valence-electron chi connectivity index (χ0n) is 12.5. The predicted molar refractivity (Wildman–Crippen MR) is 80.2 cm³/mol. The van der Waals surface area contributed by atoms with E-state index in [1.54, 1.807) is 8.57 Å². The Morgan fingerprint density at radius 1 is 0.842 bits per heavy atom. The van der Waals surface area contributed by atoms with E-state index in [1.165, 1.54) is 0 Å². The van der Waals surface area contributed by atoms with E-state index < -0.39 is 14.5 Å². The van der Waals surface area contributed by atoms with Crippen molar-refractivity contribution in [2.24, 2.45) is 0 Å². The summed E-state index contributed by atoms with van der Waals surface area (Å²) in [5, 5.41) is 0. The second-order valence-corrected chi connectivity index (χ2v) is 10.5. The molecule has 0 saturated heterocycles. The molecule has 0 aliphatic heterocycles.